The number of aromatic nitrogens is 2. The lowest BCUT2D eigenvalue weighted by Gasteiger charge is -2.33. The first-order valence-electron chi connectivity index (χ1n) is 7.40. The zero-order chi connectivity index (χ0) is 15.1. The van der Waals surface area contributed by atoms with Gasteiger partial charge in [0.2, 0.25) is 11.0 Å². The Balaban J connectivity index is 1.95. The predicted octanol–water partition coefficient (Wildman–Crippen LogP) is 0.697. The Bertz CT molecular complexity index is 454. The van der Waals surface area contributed by atoms with Gasteiger partial charge in [0.25, 0.3) is 0 Å². The van der Waals surface area contributed by atoms with Crippen LogP contribution in [0.2, 0.25) is 0 Å². The van der Waals surface area contributed by atoms with E-state index in [-0.39, 0.29) is 11.9 Å². The fourth-order valence-corrected chi connectivity index (χ4v) is 2.95. The van der Waals surface area contributed by atoms with Gasteiger partial charge in [-0.1, -0.05) is 18.3 Å². The highest BCUT2D eigenvalue weighted by Crippen LogP contribution is 2.19. The first kappa shape index (κ1) is 16.1. The molecule has 1 amide bonds. The van der Waals surface area contributed by atoms with Crippen LogP contribution < -0.4 is 10.6 Å². The van der Waals surface area contributed by atoms with E-state index in [0.717, 1.165) is 29.6 Å². The molecular weight excluding hydrogens is 290 g/mol. The summed E-state index contributed by atoms with van der Waals surface area (Å²) < 4.78 is 5.43. The third-order valence-electron chi connectivity index (χ3n) is 3.22. The number of ether oxygens (including phenoxy) is 1. The van der Waals surface area contributed by atoms with Crippen LogP contribution in [0, 0.1) is 0 Å². The zero-order valence-corrected chi connectivity index (χ0v) is 13.4. The number of hydrogen-bond acceptors (Lipinski definition) is 7. The summed E-state index contributed by atoms with van der Waals surface area (Å²) in [7, 11) is 0. The van der Waals surface area contributed by atoms with Crippen LogP contribution in [0.1, 0.15) is 25.3 Å². The Morgan fingerprint density at radius 1 is 1.48 bits per heavy atom. The van der Waals surface area contributed by atoms with Crippen LogP contribution in [0.15, 0.2) is 0 Å². The fourth-order valence-electron chi connectivity index (χ4n) is 2.16. The lowest BCUT2D eigenvalue weighted by molar-refractivity contribution is -0.132. The Morgan fingerprint density at radius 2 is 2.33 bits per heavy atom. The van der Waals surface area contributed by atoms with Crippen molar-refractivity contribution in [3.8, 4) is 0 Å². The molecule has 118 valence electrons. The zero-order valence-electron chi connectivity index (χ0n) is 12.6. The average molecular weight is 313 g/mol. The van der Waals surface area contributed by atoms with E-state index < -0.39 is 0 Å². The van der Waals surface area contributed by atoms with Crippen molar-refractivity contribution >= 4 is 22.4 Å². The second-order valence-electron chi connectivity index (χ2n) is 4.88. The van der Waals surface area contributed by atoms with Gasteiger partial charge in [-0.2, -0.15) is 0 Å². The monoisotopic (exact) mass is 313 g/mol. The minimum absolute atomic E-state index is 0.0195. The highest BCUT2D eigenvalue weighted by atomic mass is 32.1. The minimum Gasteiger partial charge on any atom is -0.378 e. The van der Waals surface area contributed by atoms with E-state index in [1.165, 1.54) is 0 Å². The second-order valence-corrected chi connectivity index (χ2v) is 5.95. The van der Waals surface area contributed by atoms with Gasteiger partial charge in [0.15, 0.2) is 0 Å². The van der Waals surface area contributed by atoms with E-state index >= 15 is 0 Å². The van der Waals surface area contributed by atoms with E-state index in [1.807, 2.05) is 6.92 Å². The van der Waals surface area contributed by atoms with Gasteiger partial charge in [0, 0.05) is 19.6 Å². The number of nitrogens with zero attached hydrogens (tertiary/aromatic N) is 3. The van der Waals surface area contributed by atoms with Gasteiger partial charge in [-0.15, -0.1) is 10.2 Å². The topological polar surface area (TPSA) is 79.4 Å². The Hall–Kier alpha value is -1.25. The molecule has 1 aliphatic heterocycles. The summed E-state index contributed by atoms with van der Waals surface area (Å²) in [6.07, 6.45) is 1.05. The van der Waals surface area contributed by atoms with Crippen LogP contribution in [0.5, 0.6) is 0 Å². The van der Waals surface area contributed by atoms with E-state index in [0.29, 0.717) is 26.3 Å². The molecule has 0 bridgehead atoms. The molecule has 2 N–H and O–H groups in total. The number of morpholine rings is 1. The third kappa shape index (κ3) is 4.62. The fraction of sp³-hybridized carbons (Fsp3) is 0.769. The van der Waals surface area contributed by atoms with Gasteiger partial charge in [-0.05, 0) is 13.3 Å². The lowest BCUT2D eigenvalue weighted by atomic mass is 10.2. The van der Waals surface area contributed by atoms with Crippen molar-refractivity contribution in [2.24, 2.45) is 0 Å². The Kier molecular flexibility index (Phi) is 6.34. The van der Waals surface area contributed by atoms with Crippen molar-refractivity contribution in [1.82, 2.24) is 20.4 Å². The summed E-state index contributed by atoms with van der Waals surface area (Å²) in [6, 6.07) is -0.241. The van der Waals surface area contributed by atoms with E-state index in [2.05, 4.69) is 32.7 Å². The van der Waals surface area contributed by atoms with Crippen molar-refractivity contribution in [3.05, 3.63) is 5.01 Å². The van der Waals surface area contributed by atoms with Crippen molar-refractivity contribution in [2.45, 2.75) is 32.9 Å². The number of hydrogen-bond donors (Lipinski definition) is 2. The molecule has 2 heterocycles. The molecule has 1 aliphatic rings. The van der Waals surface area contributed by atoms with Crippen molar-refractivity contribution in [3.63, 3.8) is 0 Å². The summed E-state index contributed by atoms with van der Waals surface area (Å²) in [6.45, 7) is 8.01. The van der Waals surface area contributed by atoms with Gasteiger partial charge in [0.1, 0.15) is 11.0 Å². The molecule has 0 radical (unpaired) electrons. The Labute approximate surface area is 129 Å². The molecular formula is C13H23N5O2S. The summed E-state index contributed by atoms with van der Waals surface area (Å²) in [4.78, 5) is 14.2. The second kappa shape index (κ2) is 8.26. The quantitative estimate of drug-likeness (QED) is 0.771. The van der Waals surface area contributed by atoms with E-state index in [1.54, 1.807) is 11.3 Å². The van der Waals surface area contributed by atoms with Crippen molar-refractivity contribution < 1.29 is 9.53 Å². The van der Waals surface area contributed by atoms with Crippen LogP contribution >= 0.6 is 11.3 Å². The molecule has 0 aromatic carbocycles. The highest BCUT2D eigenvalue weighted by Gasteiger charge is 2.29. The maximum Gasteiger partial charge on any atom is 0.239 e. The third-order valence-corrected chi connectivity index (χ3v) is 4.09. The molecule has 21 heavy (non-hydrogen) atoms. The van der Waals surface area contributed by atoms with Crippen molar-refractivity contribution in [1.29, 1.82) is 0 Å². The molecule has 1 fully saturated rings. The van der Waals surface area contributed by atoms with E-state index in [9.17, 15) is 4.79 Å². The standard InChI is InChI=1S/C13H23N5O2S/c1-3-5-15-13-17-16-11(21-13)8-18-6-7-20-9-10(18)12(19)14-4-2/h10H,3-9H2,1-2H3,(H,14,19)(H,15,17). The molecule has 1 unspecified atom stereocenters. The lowest BCUT2D eigenvalue weighted by Crippen LogP contribution is -2.53. The number of rotatable bonds is 7. The molecule has 0 spiro atoms. The van der Waals surface area contributed by atoms with Crippen LogP contribution in [0.3, 0.4) is 0 Å². The summed E-state index contributed by atoms with van der Waals surface area (Å²) >= 11 is 1.55. The van der Waals surface area contributed by atoms with Crippen LogP contribution in [0.25, 0.3) is 0 Å². The molecule has 0 saturated carbocycles. The SMILES string of the molecule is CCCNc1nnc(CN2CCOCC2C(=O)NCC)s1. The normalized spacial score (nSPS) is 19.4. The van der Waals surface area contributed by atoms with Crippen molar-refractivity contribution in [2.75, 3.05) is 38.2 Å². The van der Waals surface area contributed by atoms with Crippen LogP contribution in [-0.2, 0) is 16.1 Å². The molecule has 1 aromatic heterocycles. The molecule has 1 atom stereocenters. The van der Waals surface area contributed by atoms with Gasteiger partial charge < -0.3 is 15.4 Å². The van der Waals surface area contributed by atoms with Gasteiger partial charge in [0.05, 0.1) is 19.8 Å². The summed E-state index contributed by atoms with van der Waals surface area (Å²) in [5, 5.41) is 16.2. The summed E-state index contributed by atoms with van der Waals surface area (Å²) in [5.74, 6) is 0.0195. The number of nitrogens with one attached hydrogen (secondary N) is 2. The molecule has 0 aliphatic carbocycles. The Morgan fingerprint density at radius 3 is 3.10 bits per heavy atom. The summed E-state index contributed by atoms with van der Waals surface area (Å²) in [5.41, 5.74) is 0. The smallest absolute Gasteiger partial charge is 0.239 e. The maximum atomic E-state index is 12.1. The van der Waals surface area contributed by atoms with Gasteiger partial charge in [-0.25, -0.2) is 0 Å². The van der Waals surface area contributed by atoms with Crippen LogP contribution in [0.4, 0.5) is 5.13 Å². The highest BCUT2D eigenvalue weighted by molar-refractivity contribution is 7.15. The molecule has 1 aromatic rings. The number of carbonyl (C=O) groups excluding carboxylic acids is 1. The number of likely N-dealkylation sites (N-methyl/N-ethyl adjacent to an activating group) is 1. The number of anilines is 1. The molecule has 8 heteroatoms. The maximum absolute atomic E-state index is 12.1. The molecule has 7 nitrogen and oxygen atoms in total. The van der Waals surface area contributed by atoms with Crippen LogP contribution in [-0.4, -0.2) is 59.9 Å². The largest absolute Gasteiger partial charge is 0.378 e. The average Bonchev–Trinajstić information content (AvgIpc) is 2.93. The molecule has 2 rings (SSSR count). The first-order valence-corrected chi connectivity index (χ1v) is 8.22. The number of carbonyl (C=O) groups is 1. The van der Waals surface area contributed by atoms with Gasteiger partial charge >= 0.3 is 0 Å². The molecule has 1 saturated heterocycles. The first-order chi connectivity index (χ1) is 10.2. The predicted molar refractivity (Wildman–Crippen MR) is 82.4 cm³/mol. The van der Waals surface area contributed by atoms with E-state index in [4.69, 9.17) is 4.74 Å². The minimum atomic E-state index is -0.241. The van der Waals surface area contributed by atoms with Gasteiger partial charge in [-0.3, -0.25) is 9.69 Å². The number of amides is 1.